The Morgan fingerprint density at radius 1 is 1.08 bits per heavy atom. The summed E-state index contributed by atoms with van der Waals surface area (Å²) in [5.41, 5.74) is -0.937. The molecule has 0 aliphatic carbocycles. The molecule has 2 aromatic rings. The Labute approximate surface area is 148 Å². The van der Waals surface area contributed by atoms with Crippen LogP contribution >= 0.6 is 0 Å². The summed E-state index contributed by atoms with van der Waals surface area (Å²) in [7, 11) is -4.55. The van der Waals surface area contributed by atoms with Gasteiger partial charge >= 0.3 is 6.18 Å². The van der Waals surface area contributed by atoms with E-state index in [4.69, 9.17) is 5.14 Å². The molecule has 1 unspecified atom stereocenters. The van der Waals surface area contributed by atoms with E-state index in [1.54, 1.807) is 30.3 Å². The van der Waals surface area contributed by atoms with Crippen LogP contribution in [-0.2, 0) is 21.0 Å². The van der Waals surface area contributed by atoms with Crippen LogP contribution < -0.4 is 15.8 Å². The number of halogens is 3. The van der Waals surface area contributed by atoms with Crippen LogP contribution in [0.3, 0.4) is 0 Å². The third-order valence-electron chi connectivity index (χ3n) is 3.41. The van der Waals surface area contributed by atoms with Gasteiger partial charge in [0.25, 0.3) is 0 Å². The summed E-state index contributed by atoms with van der Waals surface area (Å²) in [6, 6.07) is 10.1. The Morgan fingerprint density at radius 2 is 1.69 bits per heavy atom. The lowest BCUT2D eigenvalue weighted by molar-refractivity contribution is -0.139. The van der Waals surface area contributed by atoms with Crippen LogP contribution in [0.25, 0.3) is 0 Å². The maximum absolute atomic E-state index is 13.1. The van der Waals surface area contributed by atoms with Gasteiger partial charge in [-0.2, -0.15) is 13.2 Å². The van der Waals surface area contributed by atoms with Gasteiger partial charge in [0.15, 0.2) is 0 Å². The van der Waals surface area contributed by atoms with Crippen molar-refractivity contribution < 1.29 is 26.4 Å². The first-order chi connectivity index (χ1) is 12.0. The molecular formula is C16H16F3N3O3S. The van der Waals surface area contributed by atoms with Crippen molar-refractivity contribution in [3.63, 3.8) is 0 Å². The summed E-state index contributed by atoms with van der Waals surface area (Å²) in [5, 5.41) is 10.0. The second-order valence-corrected chi connectivity index (χ2v) is 7.00. The molecule has 0 saturated heterocycles. The number of nitrogens with one attached hydrogen (secondary N) is 2. The molecule has 6 nitrogen and oxygen atoms in total. The Kier molecular flexibility index (Phi) is 5.57. The van der Waals surface area contributed by atoms with E-state index >= 15 is 0 Å². The number of carbonyl (C=O) groups is 1. The molecule has 1 amide bonds. The monoisotopic (exact) mass is 387 g/mol. The highest BCUT2D eigenvalue weighted by atomic mass is 32.2. The van der Waals surface area contributed by atoms with Gasteiger partial charge in [-0.05, 0) is 37.3 Å². The van der Waals surface area contributed by atoms with Crippen LogP contribution in [0, 0.1) is 0 Å². The molecule has 26 heavy (non-hydrogen) atoms. The molecule has 140 valence electrons. The average molecular weight is 387 g/mol. The second kappa shape index (κ2) is 7.34. The molecule has 0 radical (unpaired) electrons. The number of sulfonamides is 1. The summed E-state index contributed by atoms with van der Waals surface area (Å²) < 4.78 is 62.0. The third kappa shape index (κ3) is 4.96. The Morgan fingerprint density at radius 3 is 2.23 bits per heavy atom. The first-order valence-corrected chi connectivity index (χ1v) is 8.89. The minimum atomic E-state index is -4.92. The molecule has 0 aliphatic rings. The number of hydrogen-bond acceptors (Lipinski definition) is 4. The lowest BCUT2D eigenvalue weighted by atomic mass is 10.1. The summed E-state index contributed by atoms with van der Waals surface area (Å²) in [5.74, 6) is -0.472. The molecule has 0 saturated carbocycles. The molecule has 0 spiro atoms. The first-order valence-electron chi connectivity index (χ1n) is 7.35. The first kappa shape index (κ1) is 19.7. The molecule has 0 aromatic heterocycles. The molecular weight excluding hydrogens is 371 g/mol. The smallest absolute Gasteiger partial charge is 0.374 e. The van der Waals surface area contributed by atoms with E-state index in [0.717, 1.165) is 12.1 Å². The largest absolute Gasteiger partial charge is 0.417 e. The fourth-order valence-corrected chi connectivity index (χ4v) is 2.92. The van der Waals surface area contributed by atoms with Crippen molar-refractivity contribution in [2.75, 3.05) is 10.6 Å². The Balaban J connectivity index is 2.22. The quantitative estimate of drug-likeness (QED) is 0.734. The normalized spacial score (nSPS) is 13.1. The van der Waals surface area contributed by atoms with Crippen LogP contribution in [0.5, 0.6) is 0 Å². The lowest BCUT2D eigenvalue weighted by Gasteiger charge is -2.18. The number of nitrogens with two attached hydrogens (primary N) is 1. The van der Waals surface area contributed by atoms with Crippen molar-refractivity contribution in [2.45, 2.75) is 24.0 Å². The predicted octanol–water partition coefficient (Wildman–Crippen LogP) is 2.79. The summed E-state index contributed by atoms with van der Waals surface area (Å²) in [6.45, 7) is 1.46. The van der Waals surface area contributed by atoms with Gasteiger partial charge in [0, 0.05) is 11.4 Å². The minimum Gasteiger partial charge on any atom is -0.374 e. The molecule has 4 N–H and O–H groups in total. The fraction of sp³-hybridized carbons (Fsp3) is 0.188. The van der Waals surface area contributed by atoms with Crippen molar-refractivity contribution in [3.8, 4) is 0 Å². The second-order valence-electron chi connectivity index (χ2n) is 5.48. The zero-order valence-electron chi connectivity index (χ0n) is 13.5. The number of carbonyl (C=O) groups excluding carboxylic acids is 1. The zero-order chi connectivity index (χ0) is 19.5. The van der Waals surface area contributed by atoms with E-state index in [1.807, 2.05) is 0 Å². The van der Waals surface area contributed by atoms with Gasteiger partial charge in [0.2, 0.25) is 15.9 Å². The Hall–Kier alpha value is -2.59. The minimum absolute atomic E-state index is 0.0690. The van der Waals surface area contributed by atoms with Crippen molar-refractivity contribution in [2.24, 2.45) is 5.14 Å². The van der Waals surface area contributed by atoms with Gasteiger partial charge in [0.05, 0.1) is 10.5 Å². The van der Waals surface area contributed by atoms with Gasteiger partial charge in [-0.15, -0.1) is 0 Å². The SMILES string of the molecule is CC(Nc1ccc(S(N)(=O)=O)c(C(F)(F)F)c1)C(=O)Nc1ccccc1. The van der Waals surface area contributed by atoms with Gasteiger partial charge in [-0.25, -0.2) is 13.6 Å². The van der Waals surface area contributed by atoms with Gasteiger partial charge in [0.1, 0.15) is 6.04 Å². The molecule has 0 aliphatic heterocycles. The highest BCUT2D eigenvalue weighted by Gasteiger charge is 2.36. The molecule has 0 heterocycles. The van der Waals surface area contributed by atoms with E-state index in [-0.39, 0.29) is 5.69 Å². The fourth-order valence-electron chi connectivity index (χ4n) is 2.18. The van der Waals surface area contributed by atoms with Crippen molar-refractivity contribution in [3.05, 3.63) is 54.1 Å². The number of benzene rings is 2. The Bertz CT molecular complexity index is 900. The highest BCUT2D eigenvalue weighted by molar-refractivity contribution is 7.89. The van der Waals surface area contributed by atoms with Crippen molar-refractivity contribution in [1.82, 2.24) is 0 Å². The summed E-state index contributed by atoms with van der Waals surface area (Å²) in [4.78, 5) is 11.1. The number of para-hydroxylation sites is 1. The number of rotatable bonds is 5. The lowest BCUT2D eigenvalue weighted by Crippen LogP contribution is -2.32. The van der Waals surface area contributed by atoms with Gasteiger partial charge in [-0.1, -0.05) is 18.2 Å². The van der Waals surface area contributed by atoms with E-state index in [0.29, 0.717) is 11.8 Å². The van der Waals surface area contributed by atoms with Crippen LogP contribution in [-0.4, -0.2) is 20.4 Å². The predicted molar refractivity (Wildman–Crippen MR) is 91.0 cm³/mol. The third-order valence-corrected chi connectivity index (χ3v) is 4.38. The van der Waals surface area contributed by atoms with Crippen LogP contribution in [0.4, 0.5) is 24.5 Å². The van der Waals surface area contributed by atoms with Crippen LogP contribution in [0.15, 0.2) is 53.4 Å². The molecule has 2 aromatic carbocycles. The average Bonchev–Trinajstić information content (AvgIpc) is 2.53. The van der Waals surface area contributed by atoms with Crippen molar-refractivity contribution >= 4 is 27.3 Å². The standard InChI is InChI=1S/C16H16F3N3O3S/c1-10(15(23)22-11-5-3-2-4-6-11)21-12-7-8-14(26(20,24)25)13(9-12)16(17,18)19/h2-10,21H,1H3,(H,22,23)(H2,20,24,25). The number of primary sulfonamides is 1. The maximum Gasteiger partial charge on any atom is 0.417 e. The maximum atomic E-state index is 13.1. The van der Waals surface area contributed by atoms with Gasteiger partial charge < -0.3 is 10.6 Å². The van der Waals surface area contributed by atoms with Crippen LogP contribution in [0.1, 0.15) is 12.5 Å². The molecule has 0 bridgehead atoms. The summed E-state index contributed by atoms with van der Waals surface area (Å²) in [6.07, 6.45) is -4.92. The number of amides is 1. The van der Waals surface area contributed by atoms with E-state index in [9.17, 15) is 26.4 Å². The molecule has 1 atom stereocenters. The van der Waals surface area contributed by atoms with E-state index < -0.39 is 38.6 Å². The molecule has 10 heteroatoms. The number of anilines is 2. The highest BCUT2D eigenvalue weighted by Crippen LogP contribution is 2.35. The topological polar surface area (TPSA) is 101 Å². The van der Waals surface area contributed by atoms with Crippen molar-refractivity contribution in [1.29, 1.82) is 0 Å². The van der Waals surface area contributed by atoms with E-state index in [1.165, 1.54) is 6.92 Å². The summed E-state index contributed by atoms with van der Waals surface area (Å²) >= 11 is 0. The van der Waals surface area contributed by atoms with E-state index in [2.05, 4.69) is 10.6 Å². The number of alkyl halides is 3. The van der Waals surface area contributed by atoms with Gasteiger partial charge in [-0.3, -0.25) is 4.79 Å². The zero-order valence-corrected chi connectivity index (χ0v) is 14.4. The molecule has 0 fully saturated rings. The number of hydrogen-bond donors (Lipinski definition) is 3. The van der Waals surface area contributed by atoms with Crippen LogP contribution in [0.2, 0.25) is 0 Å². The molecule has 2 rings (SSSR count).